The van der Waals surface area contributed by atoms with E-state index < -0.39 is 10.0 Å². The molecule has 0 spiro atoms. The average Bonchev–Trinajstić information content (AvgIpc) is 2.57. The molecule has 1 amide bonds. The lowest BCUT2D eigenvalue weighted by molar-refractivity contribution is -0.136. The Morgan fingerprint density at radius 3 is 2.18 bits per heavy atom. The van der Waals surface area contributed by atoms with Crippen LogP contribution in [0.2, 0.25) is 0 Å². The van der Waals surface area contributed by atoms with Crippen molar-refractivity contribution in [3.63, 3.8) is 0 Å². The Morgan fingerprint density at radius 2 is 1.68 bits per heavy atom. The molecule has 122 valence electrons. The van der Waals surface area contributed by atoms with Gasteiger partial charge in [0, 0.05) is 32.1 Å². The molecule has 0 radical (unpaired) electrons. The van der Waals surface area contributed by atoms with Crippen molar-refractivity contribution in [2.24, 2.45) is 5.92 Å². The molecule has 0 aliphatic carbocycles. The molecule has 1 heterocycles. The van der Waals surface area contributed by atoms with Gasteiger partial charge in [-0.2, -0.15) is 4.31 Å². The molecule has 1 aromatic carbocycles. The first-order valence-electron chi connectivity index (χ1n) is 7.84. The van der Waals surface area contributed by atoms with Crippen LogP contribution in [0.4, 0.5) is 0 Å². The van der Waals surface area contributed by atoms with Gasteiger partial charge in [-0.15, -0.1) is 0 Å². The van der Waals surface area contributed by atoms with Gasteiger partial charge in [0.1, 0.15) is 0 Å². The lowest BCUT2D eigenvalue weighted by atomic mass is 9.96. The summed E-state index contributed by atoms with van der Waals surface area (Å²) in [6.45, 7) is 6.17. The van der Waals surface area contributed by atoms with E-state index in [-0.39, 0.29) is 11.8 Å². The average molecular weight is 324 g/mol. The lowest BCUT2D eigenvalue weighted by Gasteiger charge is -2.33. The Bertz CT molecular complexity index is 589. The molecule has 6 heteroatoms. The summed E-state index contributed by atoms with van der Waals surface area (Å²) >= 11 is 0. The van der Waals surface area contributed by atoms with Gasteiger partial charge in [-0.05, 0) is 38.8 Å². The number of benzene rings is 1. The van der Waals surface area contributed by atoms with Crippen LogP contribution in [-0.4, -0.2) is 49.7 Å². The normalized spacial score (nSPS) is 17.4. The number of hydrogen-bond donors (Lipinski definition) is 0. The first-order chi connectivity index (χ1) is 10.5. The highest BCUT2D eigenvalue weighted by atomic mass is 32.2. The van der Waals surface area contributed by atoms with Crippen molar-refractivity contribution < 1.29 is 13.2 Å². The van der Waals surface area contributed by atoms with Crippen molar-refractivity contribution in [3.8, 4) is 0 Å². The van der Waals surface area contributed by atoms with Crippen LogP contribution >= 0.6 is 0 Å². The molecule has 0 unspecified atom stereocenters. The summed E-state index contributed by atoms with van der Waals surface area (Å²) < 4.78 is 26.6. The highest BCUT2D eigenvalue weighted by Crippen LogP contribution is 2.25. The molecule has 1 aromatic rings. The van der Waals surface area contributed by atoms with Gasteiger partial charge in [0.25, 0.3) is 0 Å². The van der Waals surface area contributed by atoms with Crippen molar-refractivity contribution in [2.75, 3.05) is 26.2 Å². The van der Waals surface area contributed by atoms with Crippen LogP contribution in [0.25, 0.3) is 0 Å². The number of nitrogens with zero attached hydrogens (tertiary/aromatic N) is 2. The summed E-state index contributed by atoms with van der Waals surface area (Å²) in [6, 6.07) is 8.48. The zero-order valence-corrected chi connectivity index (χ0v) is 14.1. The van der Waals surface area contributed by atoms with Gasteiger partial charge in [-0.3, -0.25) is 4.79 Å². The quantitative estimate of drug-likeness (QED) is 0.832. The molecule has 2 rings (SSSR count). The van der Waals surface area contributed by atoms with E-state index in [2.05, 4.69) is 0 Å². The van der Waals surface area contributed by atoms with Crippen LogP contribution in [0, 0.1) is 5.92 Å². The van der Waals surface area contributed by atoms with Gasteiger partial charge >= 0.3 is 0 Å². The van der Waals surface area contributed by atoms with Crippen LogP contribution in [0.5, 0.6) is 0 Å². The monoisotopic (exact) mass is 324 g/mol. The fourth-order valence-corrected chi connectivity index (χ4v) is 4.37. The number of hydrogen-bond acceptors (Lipinski definition) is 3. The molecular weight excluding hydrogens is 300 g/mol. The maximum atomic E-state index is 12.5. The molecule has 1 saturated heterocycles. The van der Waals surface area contributed by atoms with E-state index in [0.717, 1.165) is 0 Å². The van der Waals surface area contributed by atoms with Crippen molar-refractivity contribution in [1.29, 1.82) is 0 Å². The molecule has 5 nitrogen and oxygen atoms in total. The van der Waals surface area contributed by atoms with Crippen LogP contribution in [0.15, 0.2) is 35.2 Å². The Balaban J connectivity index is 2.02. The van der Waals surface area contributed by atoms with Gasteiger partial charge in [-0.25, -0.2) is 8.42 Å². The number of rotatable bonds is 5. The van der Waals surface area contributed by atoms with E-state index in [0.29, 0.717) is 43.9 Å². The fraction of sp³-hybridized carbons (Fsp3) is 0.562. The van der Waals surface area contributed by atoms with Gasteiger partial charge in [0.15, 0.2) is 0 Å². The van der Waals surface area contributed by atoms with Gasteiger partial charge in [0.05, 0.1) is 4.90 Å². The van der Waals surface area contributed by atoms with Crippen molar-refractivity contribution in [3.05, 3.63) is 30.3 Å². The third-order valence-corrected chi connectivity index (χ3v) is 6.17. The highest BCUT2D eigenvalue weighted by Gasteiger charge is 2.33. The SMILES string of the molecule is CCN(CC)C(=O)C1CCN(S(=O)(=O)c2ccccc2)CC1. The number of amides is 1. The summed E-state index contributed by atoms with van der Waals surface area (Å²) in [7, 11) is -3.43. The third-order valence-electron chi connectivity index (χ3n) is 4.26. The maximum absolute atomic E-state index is 12.5. The first-order valence-corrected chi connectivity index (χ1v) is 9.28. The minimum atomic E-state index is -3.43. The van der Waals surface area contributed by atoms with Crippen molar-refractivity contribution in [1.82, 2.24) is 9.21 Å². The van der Waals surface area contributed by atoms with Crippen LogP contribution in [-0.2, 0) is 14.8 Å². The number of sulfonamides is 1. The van der Waals surface area contributed by atoms with E-state index in [9.17, 15) is 13.2 Å². The summed E-state index contributed by atoms with van der Waals surface area (Å²) in [6.07, 6.45) is 1.20. The Morgan fingerprint density at radius 1 is 1.14 bits per heavy atom. The molecule has 0 aromatic heterocycles. The second-order valence-electron chi connectivity index (χ2n) is 5.50. The smallest absolute Gasteiger partial charge is 0.243 e. The van der Waals surface area contributed by atoms with Gasteiger partial charge in [0.2, 0.25) is 15.9 Å². The topological polar surface area (TPSA) is 57.7 Å². The molecule has 0 saturated carbocycles. The van der Waals surface area contributed by atoms with Crippen molar-refractivity contribution >= 4 is 15.9 Å². The zero-order chi connectivity index (χ0) is 16.2. The minimum Gasteiger partial charge on any atom is -0.343 e. The second-order valence-corrected chi connectivity index (χ2v) is 7.44. The first kappa shape index (κ1) is 17.0. The molecule has 22 heavy (non-hydrogen) atoms. The molecule has 0 bridgehead atoms. The van der Waals surface area contributed by atoms with Crippen LogP contribution in [0.3, 0.4) is 0 Å². The summed E-state index contributed by atoms with van der Waals surface area (Å²) in [4.78, 5) is 14.5. The van der Waals surface area contributed by atoms with E-state index in [1.807, 2.05) is 18.7 Å². The van der Waals surface area contributed by atoms with E-state index in [1.54, 1.807) is 30.3 Å². The largest absolute Gasteiger partial charge is 0.343 e. The second kappa shape index (κ2) is 7.24. The number of carbonyl (C=O) groups excluding carboxylic acids is 1. The third kappa shape index (κ3) is 3.50. The molecule has 0 N–H and O–H groups in total. The predicted octanol–water partition coefficient (Wildman–Crippen LogP) is 1.96. The predicted molar refractivity (Wildman–Crippen MR) is 85.9 cm³/mol. The van der Waals surface area contributed by atoms with Crippen molar-refractivity contribution in [2.45, 2.75) is 31.6 Å². The number of piperidine rings is 1. The number of carbonyl (C=O) groups is 1. The van der Waals surface area contributed by atoms with E-state index in [4.69, 9.17) is 0 Å². The zero-order valence-electron chi connectivity index (χ0n) is 13.2. The maximum Gasteiger partial charge on any atom is 0.243 e. The molecule has 1 aliphatic rings. The van der Waals surface area contributed by atoms with Gasteiger partial charge in [-0.1, -0.05) is 18.2 Å². The van der Waals surface area contributed by atoms with E-state index in [1.165, 1.54) is 4.31 Å². The molecule has 0 atom stereocenters. The fourth-order valence-electron chi connectivity index (χ4n) is 2.88. The Kier molecular flexibility index (Phi) is 5.58. The minimum absolute atomic E-state index is 0.0536. The van der Waals surface area contributed by atoms with E-state index >= 15 is 0 Å². The highest BCUT2D eigenvalue weighted by molar-refractivity contribution is 7.89. The van der Waals surface area contributed by atoms with Gasteiger partial charge < -0.3 is 4.90 Å². The Hall–Kier alpha value is -1.40. The summed E-state index contributed by atoms with van der Waals surface area (Å²) in [5, 5.41) is 0. The molecule has 1 aliphatic heterocycles. The summed E-state index contributed by atoms with van der Waals surface area (Å²) in [5.74, 6) is 0.101. The molecule has 1 fully saturated rings. The van der Waals surface area contributed by atoms with Crippen LogP contribution < -0.4 is 0 Å². The standard InChI is InChI=1S/C16H24N2O3S/c1-3-17(4-2)16(19)14-10-12-18(13-11-14)22(20,21)15-8-6-5-7-9-15/h5-9,14H,3-4,10-13H2,1-2H3. The van der Waals surface area contributed by atoms with Crippen LogP contribution in [0.1, 0.15) is 26.7 Å². The Labute approximate surface area is 133 Å². The summed E-state index contributed by atoms with van der Waals surface area (Å²) in [5.41, 5.74) is 0. The molecular formula is C16H24N2O3S. The lowest BCUT2D eigenvalue weighted by Crippen LogP contribution is -2.44.